The van der Waals surface area contributed by atoms with E-state index in [9.17, 15) is 17.6 Å². The molecule has 31 heavy (non-hydrogen) atoms. The van der Waals surface area contributed by atoms with Gasteiger partial charge in [-0.2, -0.15) is 4.39 Å². The molecule has 1 amide bonds. The quantitative estimate of drug-likeness (QED) is 0.675. The van der Waals surface area contributed by atoms with Crippen LogP contribution in [0.25, 0.3) is 11.3 Å². The molecule has 1 aliphatic carbocycles. The molecular weight excluding hydrogens is 419 g/mol. The summed E-state index contributed by atoms with van der Waals surface area (Å²) in [6, 6.07) is 10.4. The number of amides is 1. The van der Waals surface area contributed by atoms with E-state index in [-0.39, 0.29) is 16.7 Å². The van der Waals surface area contributed by atoms with Crippen molar-refractivity contribution in [1.82, 2.24) is 9.97 Å². The predicted octanol–water partition coefficient (Wildman–Crippen LogP) is 2.23. The van der Waals surface area contributed by atoms with Gasteiger partial charge in [0.25, 0.3) is 0 Å². The fraction of sp³-hybridized carbons (Fsp3) is 0.227. The van der Waals surface area contributed by atoms with Gasteiger partial charge in [0.15, 0.2) is 0 Å². The maximum Gasteiger partial charge on any atom is 0.238 e. The molecule has 0 saturated heterocycles. The van der Waals surface area contributed by atoms with Crippen LogP contribution in [0.2, 0.25) is 0 Å². The van der Waals surface area contributed by atoms with Crippen molar-refractivity contribution in [3.63, 3.8) is 0 Å². The van der Waals surface area contributed by atoms with Gasteiger partial charge in [0.2, 0.25) is 21.9 Å². The van der Waals surface area contributed by atoms with Gasteiger partial charge in [-0.05, 0) is 54.2 Å². The lowest BCUT2D eigenvalue weighted by Crippen LogP contribution is -2.35. The van der Waals surface area contributed by atoms with E-state index in [1.54, 1.807) is 11.0 Å². The molecule has 0 bridgehead atoms. The van der Waals surface area contributed by atoms with Crippen LogP contribution in [0.4, 0.5) is 10.1 Å². The topological polar surface area (TPSA) is 106 Å². The molecular formula is C22H19FN4O3S. The highest BCUT2D eigenvalue weighted by Crippen LogP contribution is 2.36. The van der Waals surface area contributed by atoms with Gasteiger partial charge in [-0.15, -0.1) is 0 Å². The van der Waals surface area contributed by atoms with Crippen LogP contribution in [0.3, 0.4) is 0 Å². The zero-order valence-electron chi connectivity index (χ0n) is 16.5. The molecule has 0 saturated carbocycles. The summed E-state index contributed by atoms with van der Waals surface area (Å²) in [4.78, 5) is 22.7. The highest BCUT2D eigenvalue weighted by molar-refractivity contribution is 7.89. The fourth-order valence-electron chi connectivity index (χ4n) is 4.42. The van der Waals surface area contributed by atoms with E-state index >= 15 is 0 Å². The SMILES string of the molecule is NS(=O)(=O)c1ccc2c(c1)N(C(=O)C1Cc3ccc(-c4cncc(F)n4)cc3C1)CC2. The molecule has 1 unspecified atom stereocenters. The number of aromatic nitrogens is 2. The van der Waals surface area contributed by atoms with Gasteiger partial charge in [0.05, 0.1) is 23.0 Å². The highest BCUT2D eigenvalue weighted by Gasteiger charge is 2.34. The molecule has 3 aromatic rings. The summed E-state index contributed by atoms with van der Waals surface area (Å²) < 4.78 is 36.9. The van der Waals surface area contributed by atoms with Crippen molar-refractivity contribution in [2.75, 3.05) is 11.4 Å². The average Bonchev–Trinajstić information content (AvgIpc) is 3.35. The molecule has 7 nitrogen and oxygen atoms in total. The fourth-order valence-corrected chi connectivity index (χ4v) is 4.95. The molecule has 2 heterocycles. The van der Waals surface area contributed by atoms with Crippen LogP contribution in [0.1, 0.15) is 16.7 Å². The second kappa shape index (κ2) is 7.21. The van der Waals surface area contributed by atoms with E-state index in [1.165, 1.54) is 18.3 Å². The lowest BCUT2D eigenvalue weighted by atomic mass is 10.0. The van der Waals surface area contributed by atoms with Crippen molar-refractivity contribution in [1.29, 1.82) is 0 Å². The van der Waals surface area contributed by atoms with Gasteiger partial charge >= 0.3 is 0 Å². The van der Waals surface area contributed by atoms with E-state index in [0.717, 1.165) is 28.5 Å². The summed E-state index contributed by atoms with van der Waals surface area (Å²) in [5.41, 5.74) is 4.85. The predicted molar refractivity (Wildman–Crippen MR) is 112 cm³/mol. The minimum atomic E-state index is -3.85. The van der Waals surface area contributed by atoms with Crippen molar-refractivity contribution >= 4 is 21.6 Å². The number of sulfonamides is 1. The normalized spacial score (nSPS) is 17.5. The second-order valence-electron chi connectivity index (χ2n) is 7.89. The van der Waals surface area contributed by atoms with Crippen LogP contribution in [-0.2, 0) is 34.1 Å². The number of nitrogens with two attached hydrogens (primary N) is 1. The molecule has 5 rings (SSSR count). The summed E-state index contributed by atoms with van der Waals surface area (Å²) in [5.74, 6) is -0.917. The molecule has 0 radical (unpaired) electrons. The van der Waals surface area contributed by atoms with E-state index < -0.39 is 16.0 Å². The highest BCUT2D eigenvalue weighted by atomic mass is 32.2. The Bertz CT molecular complexity index is 1330. The molecule has 9 heteroatoms. The Morgan fingerprint density at radius 3 is 2.61 bits per heavy atom. The lowest BCUT2D eigenvalue weighted by Gasteiger charge is -2.21. The van der Waals surface area contributed by atoms with E-state index in [1.807, 2.05) is 18.2 Å². The van der Waals surface area contributed by atoms with Crippen molar-refractivity contribution < 1.29 is 17.6 Å². The number of carbonyl (C=O) groups excluding carboxylic acids is 1. The number of hydrogen-bond donors (Lipinski definition) is 1. The van der Waals surface area contributed by atoms with Crippen molar-refractivity contribution in [2.45, 2.75) is 24.2 Å². The smallest absolute Gasteiger partial charge is 0.238 e. The Morgan fingerprint density at radius 2 is 1.84 bits per heavy atom. The maximum atomic E-state index is 13.4. The second-order valence-corrected chi connectivity index (χ2v) is 9.45. The summed E-state index contributed by atoms with van der Waals surface area (Å²) in [6.45, 7) is 0.513. The first kappa shape index (κ1) is 19.8. The minimum Gasteiger partial charge on any atom is -0.312 e. The lowest BCUT2D eigenvalue weighted by molar-refractivity contribution is -0.122. The van der Waals surface area contributed by atoms with E-state index in [0.29, 0.717) is 37.2 Å². The average molecular weight is 438 g/mol. The van der Waals surface area contributed by atoms with E-state index in [2.05, 4.69) is 9.97 Å². The van der Waals surface area contributed by atoms with Crippen LogP contribution in [0.15, 0.2) is 53.7 Å². The van der Waals surface area contributed by atoms with Crippen LogP contribution < -0.4 is 10.0 Å². The third kappa shape index (κ3) is 3.60. The number of fused-ring (bicyclic) bond motifs is 2. The molecule has 158 valence electrons. The Hall–Kier alpha value is -3.17. The van der Waals surface area contributed by atoms with Crippen LogP contribution in [0, 0.1) is 11.9 Å². The van der Waals surface area contributed by atoms with Crippen molar-refractivity contribution in [2.24, 2.45) is 11.1 Å². The molecule has 2 N–H and O–H groups in total. The first-order valence-electron chi connectivity index (χ1n) is 9.86. The number of primary sulfonamides is 1. The molecule has 2 aliphatic rings. The van der Waals surface area contributed by atoms with Gasteiger partial charge in [0, 0.05) is 23.7 Å². The third-order valence-electron chi connectivity index (χ3n) is 5.94. The first-order chi connectivity index (χ1) is 14.8. The van der Waals surface area contributed by atoms with Gasteiger partial charge in [-0.1, -0.05) is 18.2 Å². The number of halogens is 1. The van der Waals surface area contributed by atoms with Gasteiger partial charge in [-0.25, -0.2) is 18.5 Å². The van der Waals surface area contributed by atoms with Gasteiger partial charge < -0.3 is 4.90 Å². The number of carbonyl (C=O) groups is 1. The number of hydrogen-bond acceptors (Lipinski definition) is 5. The molecule has 2 aromatic carbocycles. The van der Waals surface area contributed by atoms with Crippen LogP contribution in [-0.4, -0.2) is 30.8 Å². The van der Waals surface area contributed by atoms with Gasteiger partial charge in [0.1, 0.15) is 0 Å². The first-order valence-corrected chi connectivity index (χ1v) is 11.4. The molecule has 1 aliphatic heterocycles. The molecule has 1 atom stereocenters. The monoisotopic (exact) mass is 438 g/mol. The van der Waals surface area contributed by atoms with E-state index in [4.69, 9.17) is 5.14 Å². The Labute approximate surface area is 178 Å². The Balaban J connectivity index is 1.40. The summed E-state index contributed by atoms with van der Waals surface area (Å²) in [7, 11) is -3.85. The largest absolute Gasteiger partial charge is 0.312 e. The zero-order chi connectivity index (χ0) is 21.8. The Kier molecular flexibility index (Phi) is 4.60. The molecule has 0 fully saturated rings. The number of benzene rings is 2. The van der Waals surface area contributed by atoms with Crippen LogP contribution >= 0.6 is 0 Å². The van der Waals surface area contributed by atoms with Crippen molar-refractivity contribution in [3.05, 3.63) is 71.4 Å². The van der Waals surface area contributed by atoms with Crippen molar-refractivity contribution in [3.8, 4) is 11.3 Å². The minimum absolute atomic E-state index is 0.00139. The number of rotatable bonds is 3. The van der Waals surface area contributed by atoms with Gasteiger partial charge in [-0.3, -0.25) is 9.78 Å². The van der Waals surface area contributed by atoms with Crippen LogP contribution in [0.5, 0.6) is 0 Å². The Morgan fingerprint density at radius 1 is 1.06 bits per heavy atom. The zero-order valence-corrected chi connectivity index (χ0v) is 17.3. The summed E-state index contributed by atoms with van der Waals surface area (Å²) >= 11 is 0. The number of nitrogens with zero attached hydrogens (tertiary/aromatic N) is 3. The summed E-state index contributed by atoms with van der Waals surface area (Å²) in [6.07, 6.45) is 4.40. The number of anilines is 1. The standard InChI is InChI=1S/C22H19FN4O3S/c23-21-12-25-11-19(26-21)15-2-1-14-7-17(9-16(14)8-15)22(28)27-6-5-13-3-4-18(10-20(13)27)31(24,29)30/h1-4,8,10-12,17H,5-7,9H2,(H2,24,29,30). The summed E-state index contributed by atoms with van der Waals surface area (Å²) in [5, 5.41) is 5.26. The third-order valence-corrected chi connectivity index (χ3v) is 6.85. The maximum absolute atomic E-state index is 13.4. The molecule has 1 aromatic heterocycles. The molecule has 0 spiro atoms.